The summed E-state index contributed by atoms with van der Waals surface area (Å²) in [6, 6.07) is 2.70. The fraction of sp³-hybridized carbons (Fsp3) is 0.250. The number of alkyl halides is 3. The van der Waals surface area contributed by atoms with E-state index >= 15 is 0 Å². The van der Waals surface area contributed by atoms with Crippen LogP contribution in [-0.2, 0) is 12.7 Å². The second-order valence-corrected chi connectivity index (χ2v) is 4.05. The molecule has 0 fully saturated rings. The van der Waals surface area contributed by atoms with Crippen LogP contribution in [-0.4, -0.2) is 14.5 Å². The minimum Gasteiger partial charge on any atom is -0.294 e. The highest BCUT2D eigenvalue weighted by Gasteiger charge is 2.35. The van der Waals surface area contributed by atoms with Crippen LogP contribution >= 0.6 is 0 Å². The lowest BCUT2D eigenvalue weighted by molar-refractivity contribution is -0.141. The summed E-state index contributed by atoms with van der Waals surface area (Å²) in [5.74, 6) is 0. The van der Waals surface area contributed by atoms with Gasteiger partial charge in [0.1, 0.15) is 5.69 Å². The van der Waals surface area contributed by atoms with Crippen LogP contribution < -0.4 is 5.69 Å². The number of rotatable bonds is 2. The Kier molecular flexibility index (Phi) is 3.37. The largest absolute Gasteiger partial charge is 0.433 e. The normalized spacial score (nSPS) is 11.6. The van der Waals surface area contributed by atoms with Crippen LogP contribution in [0.2, 0.25) is 0 Å². The average molecular weight is 269 g/mol. The van der Waals surface area contributed by atoms with Gasteiger partial charge in [-0.25, -0.2) is 9.78 Å². The molecule has 0 aliphatic rings. The van der Waals surface area contributed by atoms with Crippen molar-refractivity contribution in [1.29, 1.82) is 0 Å². The molecule has 100 valence electrons. The van der Waals surface area contributed by atoms with E-state index < -0.39 is 17.6 Å². The van der Waals surface area contributed by atoms with Gasteiger partial charge in [-0.1, -0.05) is 6.07 Å². The number of pyridine rings is 1. The summed E-state index contributed by atoms with van der Waals surface area (Å²) < 4.78 is 39.4. The van der Waals surface area contributed by atoms with Gasteiger partial charge in [-0.05, 0) is 18.6 Å². The lowest BCUT2D eigenvalue weighted by Gasteiger charge is -2.12. The van der Waals surface area contributed by atoms with E-state index in [9.17, 15) is 18.0 Å². The Morgan fingerprint density at radius 1 is 1.32 bits per heavy atom. The predicted octanol–water partition coefficient (Wildman–Crippen LogP) is 2.01. The number of hydrogen-bond donors (Lipinski definition) is 0. The van der Waals surface area contributed by atoms with Crippen LogP contribution in [0.3, 0.4) is 0 Å². The minimum atomic E-state index is -4.54. The fourth-order valence-corrected chi connectivity index (χ4v) is 1.68. The molecule has 0 aliphatic heterocycles. The van der Waals surface area contributed by atoms with Gasteiger partial charge in [-0.2, -0.15) is 13.2 Å². The molecule has 0 spiro atoms. The topological polar surface area (TPSA) is 47.8 Å². The molecule has 0 saturated carbocycles. The van der Waals surface area contributed by atoms with Crippen molar-refractivity contribution >= 4 is 0 Å². The SMILES string of the molecule is Cc1cnc(=O)n(Cc2cccnc2C(F)(F)F)c1. The summed E-state index contributed by atoms with van der Waals surface area (Å²) in [6.45, 7) is 1.49. The van der Waals surface area contributed by atoms with Gasteiger partial charge in [0, 0.05) is 24.2 Å². The molecule has 2 rings (SSSR count). The predicted molar refractivity (Wildman–Crippen MR) is 61.6 cm³/mol. The second kappa shape index (κ2) is 4.83. The van der Waals surface area contributed by atoms with Gasteiger partial charge in [0.2, 0.25) is 0 Å². The monoisotopic (exact) mass is 269 g/mol. The molecular formula is C12H10F3N3O. The zero-order valence-corrected chi connectivity index (χ0v) is 9.98. The highest BCUT2D eigenvalue weighted by molar-refractivity contribution is 5.23. The highest BCUT2D eigenvalue weighted by Crippen LogP contribution is 2.30. The van der Waals surface area contributed by atoms with Crippen molar-refractivity contribution in [3.05, 3.63) is 58.0 Å². The van der Waals surface area contributed by atoms with Crippen molar-refractivity contribution in [3.8, 4) is 0 Å². The Labute approximate surface area is 106 Å². The molecule has 19 heavy (non-hydrogen) atoms. The maximum atomic E-state index is 12.8. The third kappa shape index (κ3) is 2.98. The highest BCUT2D eigenvalue weighted by atomic mass is 19.4. The molecule has 4 nitrogen and oxygen atoms in total. The summed E-state index contributed by atoms with van der Waals surface area (Å²) >= 11 is 0. The van der Waals surface area contributed by atoms with Gasteiger partial charge >= 0.3 is 11.9 Å². The summed E-state index contributed by atoms with van der Waals surface area (Å²) in [4.78, 5) is 18.4. The van der Waals surface area contributed by atoms with Crippen LogP contribution in [0.4, 0.5) is 13.2 Å². The Morgan fingerprint density at radius 3 is 2.74 bits per heavy atom. The third-order valence-corrected chi connectivity index (χ3v) is 2.48. The number of nitrogens with zero attached hydrogens (tertiary/aromatic N) is 3. The number of halogens is 3. The van der Waals surface area contributed by atoms with Crippen molar-refractivity contribution in [2.24, 2.45) is 0 Å². The smallest absolute Gasteiger partial charge is 0.294 e. The summed E-state index contributed by atoms with van der Waals surface area (Å²) in [5, 5.41) is 0. The van der Waals surface area contributed by atoms with Crippen molar-refractivity contribution < 1.29 is 13.2 Å². The average Bonchev–Trinajstić information content (AvgIpc) is 2.33. The summed E-state index contributed by atoms with van der Waals surface area (Å²) in [7, 11) is 0. The van der Waals surface area contributed by atoms with E-state index in [1.807, 2.05) is 0 Å². The summed E-state index contributed by atoms with van der Waals surface area (Å²) in [6.07, 6.45) is -0.643. The molecule has 0 aromatic carbocycles. The van der Waals surface area contributed by atoms with Crippen molar-refractivity contribution in [1.82, 2.24) is 14.5 Å². The lowest BCUT2D eigenvalue weighted by atomic mass is 10.2. The first kappa shape index (κ1) is 13.3. The van der Waals surface area contributed by atoms with Gasteiger partial charge in [0.25, 0.3) is 0 Å². The van der Waals surface area contributed by atoms with E-state index in [4.69, 9.17) is 0 Å². The third-order valence-electron chi connectivity index (χ3n) is 2.48. The van der Waals surface area contributed by atoms with Crippen LogP contribution in [0.25, 0.3) is 0 Å². The first-order valence-corrected chi connectivity index (χ1v) is 5.42. The Hall–Kier alpha value is -2.18. The summed E-state index contributed by atoms with van der Waals surface area (Å²) in [5.41, 5.74) is -0.951. The molecule has 2 aromatic heterocycles. The lowest BCUT2D eigenvalue weighted by Crippen LogP contribution is -2.24. The maximum absolute atomic E-state index is 12.8. The molecule has 2 aromatic rings. The van der Waals surface area contributed by atoms with E-state index in [0.29, 0.717) is 5.56 Å². The first-order chi connectivity index (χ1) is 8.88. The fourth-order valence-electron chi connectivity index (χ4n) is 1.68. The van der Waals surface area contributed by atoms with Crippen molar-refractivity contribution in [2.75, 3.05) is 0 Å². The standard InChI is InChI=1S/C12H10F3N3O/c1-8-5-17-11(19)18(6-8)7-9-3-2-4-16-10(9)12(13,14)15/h2-6H,7H2,1H3. The van der Waals surface area contributed by atoms with Crippen molar-refractivity contribution in [2.45, 2.75) is 19.6 Å². The Bertz CT molecular complexity index is 649. The van der Waals surface area contributed by atoms with Crippen LogP contribution in [0.5, 0.6) is 0 Å². The molecule has 0 saturated heterocycles. The van der Waals surface area contributed by atoms with Gasteiger partial charge in [-0.15, -0.1) is 0 Å². The zero-order valence-electron chi connectivity index (χ0n) is 9.98. The van der Waals surface area contributed by atoms with Gasteiger partial charge < -0.3 is 0 Å². The molecule has 0 radical (unpaired) electrons. The molecule has 0 bridgehead atoms. The molecule has 2 heterocycles. The minimum absolute atomic E-state index is 0.0653. The van der Waals surface area contributed by atoms with Gasteiger partial charge in [-0.3, -0.25) is 9.55 Å². The van der Waals surface area contributed by atoms with E-state index in [2.05, 4.69) is 9.97 Å². The quantitative estimate of drug-likeness (QED) is 0.838. The van der Waals surface area contributed by atoms with Gasteiger partial charge in [0.05, 0.1) is 6.54 Å². The molecule has 0 unspecified atom stereocenters. The van der Waals surface area contributed by atoms with Crippen molar-refractivity contribution in [3.63, 3.8) is 0 Å². The Morgan fingerprint density at radius 2 is 2.05 bits per heavy atom. The zero-order chi connectivity index (χ0) is 14.0. The molecular weight excluding hydrogens is 259 g/mol. The molecule has 0 N–H and O–H groups in total. The number of aryl methyl sites for hydroxylation is 1. The van der Waals surface area contributed by atoms with E-state index in [1.54, 1.807) is 6.92 Å². The number of aromatic nitrogens is 3. The Balaban J connectivity index is 2.44. The molecule has 0 aliphatic carbocycles. The molecule has 7 heteroatoms. The van der Waals surface area contributed by atoms with E-state index in [0.717, 1.165) is 10.8 Å². The van der Waals surface area contributed by atoms with E-state index in [1.165, 1.54) is 24.5 Å². The van der Waals surface area contributed by atoms with E-state index in [-0.39, 0.29) is 12.1 Å². The van der Waals surface area contributed by atoms with Crippen LogP contribution in [0.15, 0.2) is 35.5 Å². The van der Waals surface area contributed by atoms with Gasteiger partial charge in [0.15, 0.2) is 0 Å². The molecule has 0 atom stereocenters. The first-order valence-electron chi connectivity index (χ1n) is 5.42. The number of hydrogen-bond acceptors (Lipinski definition) is 3. The maximum Gasteiger partial charge on any atom is 0.433 e. The molecule has 0 amide bonds. The van der Waals surface area contributed by atoms with Crippen LogP contribution in [0, 0.1) is 6.92 Å². The van der Waals surface area contributed by atoms with Crippen LogP contribution in [0.1, 0.15) is 16.8 Å². The second-order valence-electron chi connectivity index (χ2n) is 4.05.